The molecule has 1 saturated heterocycles. The van der Waals surface area contributed by atoms with Crippen molar-refractivity contribution < 1.29 is 28.6 Å². The van der Waals surface area contributed by atoms with E-state index >= 15 is 0 Å². The molecule has 2 amide bonds. The first-order valence-corrected chi connectivity index (χ1v) is 10.3. The van der Waals surface area contributed by atoms with Gasteiger partial charge in [-0.3, -0.25) is 14.4 Å². The van der Waals surface area contributed by atoms with Gasteiger partial charge in [0.1, 0.15) is 13.2 Å². The second-order valence-electron chi connectivity index (χ2n) is 7.44. The third kappa shape index (κ3) is 4.79. The van der Waals surface area contributed by atoms with Gasteiger partial charge in [-0.1, -0.05) is 19.1 Å². The number of fused-ring (bicyclic) bond motifs is 1. The fourth-order valence-electron chi connectivity index (χ4n) is 3.60. The van der Waals surface area contributed by atoms with E-state index in [1.165, 1.54) is 5.56 Å². The summed E-state index contributed by atoms with van der Waals surface area (Å²) in [6.07, 6.45) is 0.982. The van der Waals surface area contributed by atoms with Crippen molar-refractivity contribution in [3.63, 3.8) is 0 Å². The average molecular weight is 424 g/mol. The van der Waals surface area contributed by atoms with Crippen molar-refractivity contribution >= 4 is 29.2 Å². The molecule has 2 heterocycles. The summed E-state index contributed by atoms with van der Waals surface area (Å²) >= 11 is 0. The van der Waals surface area contributed by atoms with Crippen LogP contribution in [0.25, 0.3) is 0 Å². The number of hydrogen-bond acceptors (Lipinski definition) is 6. The zero-order valence-electron chi connectivity index (χ0n) is 17.3. The molecule has 8 heteroatoms. The van der Waals surface area contributed by atoms with E-state index in [9.17, 15) is 14.4 Å². The van der Waals surface area contributed by atoms with Crippen LogP contribution in [0.3, 0.4) is 0 Å². The fraction of sp³-hybridized carbons (Fsp3) is 0.348. The van der Waals surface area contributed by atoms with Gasteiger partial charge >= 0.3 is 5.97 Å². The monoisotopic (exact) mass is 424 g/mol. The van der Waals surface area contributed by atoms with Crippen LogP contribution in [-0.4, -0.2) is 44.1 Å². The van der Waals surface area contributed by atoms with E-state index < -0.39 is 24.4 Å². The van der Waals surface area contributed by atoms with E-state index in [0.717, 1.165) is 12.1 Å². The van der Waals surface area contributed by atoms with E-state index in [4.69, 9.17) is 14.2 Å². The Labute approximate surface area is 180 Å². The Morgan fingerprint density at radius 2 is 1.84 bits per heavy atom. The van der Waals surface area contributed by atoms with E-state index in [1.807, 2.05) is 24.3 Å². The summed E-state index contributed by atoms with van der Waals surface area (Å²) in [6, 6.07) is 12.8. The van der Waals surface area contributed by atoms with Gasteiger partial charge in [0.25, 0.3) is 5.91 Å². The summed E-state index contributed by atoms with van der Waals surface area (Å²) < 4.78 is 16.1. The minimum absolute atomic E-state index is 0.0676. The van der Waals surface area contributed by atoms with Gasteiger partial charge in [0.15, 0.2) is 18.1 Å². The molecule has 2 aromatic rings. The van der Waals surface area contributed by atoms with Crippen molar-refractivity contribution in [3.8, 4) is 11.5 Å². The summed E-state index contributed by atoms with van der Waals surface area (Å²) in [5.74, 6) is -0.583. The van der Waals surface area contributed by atoms with Crippen molar-refractivity contribution in [3.05, 3.63) is 48.0 Å². The van der Waals surface area contributed by atoms with Crippen molar-refractivity contribution in [2.75, 3.05) is 36.6 Å². The van der Waals surface area contributed by atoms with Crippen LogP contribution in [0.4, 0.5) is 11.4 Å². The Balaban J connectivity index is 1.28. The lowest BCUT2D eigenvalue weighted by Crippen LogP contribution is -2.28. The lowest BCUT2D eigenvalue weighted by atomic mass is 10.1. The minimum atomic E-state index is -0.597. The Morgan fingerprint density at radius 3 is 2.58 bits per heavy atom. The number of rotatable bonds is 6. The maximum atomic E-state index is 12.4. The molecular weight excluding hydrogens is 400 g/mol. The number of ether oxygens (including phenoxy) is 3. The van der Waals surface area contributed by atoms with Gasteiger partial charge in [-0.2, -0.15) is 0 Å². The molecule has 162 valence electrons. The van der Waals surface area contributed by atoms with Crippen LogP contribution in [0.15, 0.2) is 42.5 Å². The van der Waals surface area contributed by atoms with Gasteiger partial charge in [-0.25, -0.2) is 0 Å². The third-order valence-electron chi connectivity index (χ3n) is 5.29. The lowest BCUT2D eigenvalue weighted by molar-refractivity contribution is -0.151. The number of aryl methyl sites for hydroxylation is 1. The molecule has 31 heavy (non-hydrogen) atoms. The highest BCUT2D eigenvalue weighted by atomic mass is 16.6. The van der Waals surface area contributed by atoms with Crippen molar-refractivity contribution in [2.24, 2.45) is 5.92 Å². The first-order valence-electron chi connectivity index (χ1n) is 10.3. The highest BCUT2D eigenvalue weighted by molar-refractivity contribution is 6.00. The first-order chi connectivity index (χ1) is 15.0. The lowest BCUT2D eigenvalue weighted by Gasteiger charge is -2.19. The second-order valence-corrected chi connectivity index (χ2v) is 7.44. The maximum Gasteiger partial charge on any atom is 0.311 e. The van der Waals surface area contributed by atoms with E-state index in [-0.39, 0.29) is 18.9 Å². The molecule has 0 spiro atoms. The molecule has 1 fully saturated rings. The molecule has 0 saturated carbocycles. The molecule has 8 nitrogen and oxygen atoms in total. The number of benzene rings is 2. The van der Waals surface area contributed by atoms with Crippen LogP contribution in [0.1, 0.15) is 18.9 Å². The molecule has 2 aliphatic heterocycles. The molecule has 1 N–H and O–H groups in total. The van der Waals surface area contributed by atoms with Gasteiger partial charge in [0.05, 0.1) is 5.92 Å². The summed E-state index contributed by atoms with van der Waals surface area (Å²) in [4.78, 5) is 38.5. The topological polar surface area (TPSA) is 94.2 Å². The summed E-state index contributed by atoms with van der Waals surface area (Å²) in [5, 5.41) is 2.66. The number of nitrogens with one attached hydrogen (secondary N) is 1. The Morgan fingerprint density at radius 1 is 1.10 bits per heavy atom. The largest absolute Gasteiger partial charge is 0.486 e. The number of nitrogens with zero attached hydrogens (tertiary/aromatic N) is 1. The van der Waals surface area contributed by atoms with Crippen LogP contribution < -0.4 is 19.7 Å². The predicted octanol–water partition coefficient (Wildman–Crippen LogP) is 2.56. The van der Waals surface area contributed by atoms with Gasteiger partial charge in [0.2, 0.25) is 5.91 Å². The zero-order valence-corrected chi connectivity index (χ0v) is 17.3. The molecule has 0 aromatic heterocycles. The first kappa shape index (κ1) is 20.7. The van der Waals surface area contributed by atoms with Gasteiger partial charge in [0, 0.05) is 30.4 Å². The quantitative estimate of drug-likeness (QED) is 0.717. The fourth-order valence-corrected chi connectivity index (χ4v) is 3.60. The molecule has 2 aliphatic rings. The van der Waals surface area contributed by atoms with E-state index in [0.29, 0.717) is 30.4 Å². The Kier molecular flexibility index (Phi) is 6.06. The van der Waals surface area contributed by atoms with Crippen molar-refractivity contribution in [1.29, 1.82) is 0 Å². The number of anilines is 2. The van der Waals surface area contributed by atoms with Crippen LogP contribution >= 0.6 is 0 Å². The van der Waals surface area contributed by atoms with Crippen molar-refractivity contribution in [1.82, 2.24) is 0 Å². The number of esters is 1. The number of carbonyl (C=O) groups is 3. The summed E-state index contributed by atoms with van der Waals surface area (Å²) in [6.45, 7) is 2.81. The number of amides is 2. The molecule has 0 bridgehead atoms. The van der Waals surface area contributed by atoms with E-state index in [2.05, 4.69) is 12.2 Å². The second kappa shape index (κ2) is 9.07. The van der Waals surface area contributed by atoms with Crippen LogP contribution in [0.5, 0.6) is 11.5 Å². The summed E-state index contributed by atoms with van der Waals surface area (Å²) in [7, 11) is 0. The molecule has 2 aromatic carbocycles. The summed E-state index contributed by atoms with van der Waals surface area (Å²) in [5.41, 5.74) is 2.45. The van der Waals surface area contributed by atoms with E-state index in [1.54, 1.807) is 23.1 Å². The molecule has 0 aliphatic carbocycles. The Bertz CT molecular complexity index is 988. The smallest absolute Gasteiger partial charge is 0.311 e. The van der Waals surface area contributed by atoms with Crippen LogP contribution in [0, 0.1) is 5.92 Å². The average Bonchev–Trinajstić information content (AvgIpc) is 3.19. The van der Waals surface area contributed by atoms with Crippen molar-refractivity contribution in [2.45, 2.75) is 19.8 Å². The third-order valence-corrected chi connectivity index (χ3v) is 5.29. The zero-order chi connectivity index (χ0) is 21.8. The van der Waals surface area contributed by atoms with Gasteiger partial charge < -0.3 is 24.4 Å². The molecule has 4 rings (SSSR count). The normalized spacial score (nSPS) is 17.4. The molecular formula is C23H24N2O6. The highest BCUT2D eigenvalue weighted by Crippen LogP contribution is 2.32. The standard InChI is InChI=1S/C23H24N2O6/c1-2-15-3-6-18(7-4-15)25-13-16(11-22(25)27)23(28)31-14-21(26)24-17-5-8-19-20(12-17)30-10-9-29-19/h3-8,12,16H,2,9-11,13-14H2,1H3,(H,24,26). The van der Waals surface area contributed by atoms with Gasteiger partial charge in [-0.15, -0.1) is 0 Å². The SMILES string of the molecule is CCc1ccc(N2CC(C(=O)OCC(=O)Nc3ccc4c(c3)OCCO4)CC2=O)cc1. The predicted molar refractivity (Wildman–Crippen MR) is 113 cm³/mol. The molecule has 0 radical (unpaired) electrons. The molecule has 1 unspecified atom stereocenters. The minimum Gasteiger partial charge on any atom is -0.486 e. The Hall–Kier alpha value is -3.55. The number of hydrogen-bond donors (Lipinski definition) is 1. The van der Waals surface area contributed by atoms with Crippen LogP contribution in [-0.2, 0) is 25.5 Å². The number of carbonyl (C=O) groups excluding carboxylic acids is 3. The van der Waals surface area contributed by atoms with Gasteiger partial charge in [-0.05, 0) is 36.2 Å². The maximum absolute atomic E-state index is 12.4. The highest BCUT2D eigenvalue weighted by Gasteiger charge is 2.36. The van der Waals surface area contributed by atoms with Crippen LogP contribution in [0.2, 0.25) is 0 Å². The molecule has 1 atom stereocenters.